The molecule has 0 aliphatic carbocycles. The summed E-state index contributed by atoms with van der Waals surface area (Å²) >= 11 is 5.95. The van der Waals surface area contributed by atoms with Gasteiger partial charge in [0.1, 0.15) is 0 Å². The summed E-state index contributed by atoms with van der Waals surface area (Å²) in [7, 11) is 2.18. The molecule has 4 heteroatoms. The molecule has 1 fully saturated rings. The lowest BCUT2D eigenvalue weighted by molar-refractivity contribution is 0.195. The van der Waals surface area contributed by atoms with Gasteiger partial charge in [0.05, 0.1) is 10.7 Å². The van der Waals surface area contributed by atoms with E-state index in [-0.39, 0.29) is 0 Å². The number of nitrogens with two attached hydrogens (primary N) is 1. The standard InChI is InChI=1S/C15H24ClN3/c1-3-19-8-4-5-13(19)11-18(2)10-12-6-7-14(16)15(17)9-12/h6-7,9,13H,3-5,8,10-11,17H2,1-2H3. The fourth-order valence-electron chi connectivity index (χ4n) is 2.95. The number of rotatable bonds is 5. The number of nitrogens with zero attached hydrogens (tertiary/aromatic N) is 2. The molecule has 0 spiro atoms. The van der Waals surface area contributed by atoms with Crippen LogP contribution in [0.5, 0.6) is 0 Å². The highest BCUT2D eigenvalue weighted by Crippen LogP contribution is 2.21. The Morgan fingerprint density at radius 1 is 1.47 bits per heavy atom. The molecule has 106 valence electrons. The van der Waals surface area contributed by atoms with Crippen LogP contribution in [0.2, 0.25) is 5.02 Å². The van der Waals surface area contributed by atoms with Crippen LogP contribution in [0.15, 0.2) is 18.2 Å². The lowest BCUT2D eigenvalue weighted by Gasteiger charge is -2.27. The van der Waals surface area contributed by atoms with Gasteiger partial charge in [-0.2, -0.15) is 0 Å². The molecular weight excluding hydrogens is 258 g/mol. The Labute approximate surface area is 121 Å². The van der Waals surface area contributed by atoms with Gasteiger partial charge in [-0.25, -0.2) is 0 Å². The van der Waals surface area contributed by atoms with Crippen molar-refractivity contribution in [3.8, 4) is 0 Å². The van der Waals surface area contributed by atoms with E-state index in [4.69, 9.17) is 17.3 Å². The van der Waals surface area contributed by atoms with Gasteiger partial charge < -0.3 is 10.6 Å². The molecule has 1 unspecified atom stereocenters. The molecule has 1 aliphatic heterocycles. The molecule has 0 radical (unpaired) electrons. The summed E-state index contributed by atoms with van der Waals surface area (Å²) in [6.45, 7) is 6.71. The first-order valence-corrected chi connectivity index (χ1v) is 7.44. The quantitative estimate of drug-likeness (QED) is 0.843. The fraction of sp³-hybridized carbons (Fsp3) is 0.600. The van der Waals surface area contributed by atoms with E-state index in [1.165, 1.54) is 24.9 Å². The molecule has 1 atom stereocenters. The minimum Gasteiger partial charge on any atom is -0.398 e. The number of hydrogen-bond donors (Lipinski definition) is 1. The first kappa shape index (κ1) is 14.6. The summed E-state index contributed by atoms with van der Waals surface area (Å²) in [5, 5.41) is 0.638. The molecule has 1 aromatic rings. The Hall–Kier alpha value is -0.770. The van der Waals surface area contributed by atoms with E-state index in [0.717, 1.165) is 19.6 Å². The zero-order chi connectivity index (χ0) is 13.8. The Balaban J connectivity index is 1.90. The summed E-state index contributed by atoms with van der Waals surface area (Å²) in [5.74, 6) is 0. The zero-order valence-corrected chi connectivity index (χ0v) is 12.7. The van der Waals surface area contributed by atoms with Gasteiger partial charge in [-0.15, -0.1) is 0 Å². The lowest BCUT2D eigenvalue weighted by atomic mass is 10.1. The van der Waals surface area contributed by atoms with Gasteiger partial charge >= 0.3 is 0 Å². The third-order valence-electron chi connectivity index (χ3n) is 3.94. The highest BCUT2D eigenvalue weighted by molar-refractivity contribution is 6.33. The van der Waals surface area contributed by atoms with Crippen molar-refractivity contribution in [2.24, 2.45) is 0 Å². The third kappa shape index (κ3) is 3.85. The Morgan fingerprint density at radius 3 is 2.95 bits per heavy atom. The van der Waals surface area contributed by atoms with Gasteiger partial charge in [0.15, 0.2) is 0 Å². The molecular formula is C15H24ClN3. The Morgan fingerprint density at radius 2 is 2.26 bits per heavy atom. The van der Waals surface area contributed by atoms with Gasteiger partial charge in [-0.05, 0) is 50.7 Å². The second-order valence-corrected chi connectivity index (χ2v) is 5.88. The maximum atomic E-state index is 5.95. The Kier molecular flexibility index (Phi) is 5.08. The van der Waals surface area contributed by atoms with E-state index >= 15 is 0 Å². The van der Waals surface area contributed by atoms with Crippen LogP contribution in [-0.4, -0.2) is 42.5 Å². The van der Waals surface area contributed by atoms with Crippen LogP contribution in [0.25, 0.3) is 0 Å². The molecule has 1 saturated heterocycles. The fourth-order valence-corrected chi connectivity index (χ4v) is 3.06. The highest BCUT2D eigenvalue weighted by atomic mass is 35.5. The topological polar surface area (TPSA) is 32.5 Å². The SMILES string of the molecule is CCN1CCCC1CN(C)Cc1ccc(Cl)c(N)c1. The first-order valence-electron chi connectivity index (χ1n) is 7.06. The number of benzene rings is 1. The van der Waals surface area contributed by atoms with Crippen LogP contribution in [0, 0.1) is 0 Å². The number of likely N-dealkylation sites (tertiary alicyclic amines) is 1. The first-order chi connectivity index (χ1) is 9.10. The maximum absolute atomic E-state index is 5.95. The molecule has 0 bridgehead atoms. The molecule has 0 aromatic heterocycles. The predicted molar refractivity (Wildman–Crippen MR) is 82.5 cm³/mol. The van der Waals surface area contributed by atoms with Gasteiger partial charge in [0.25, 0.3) is 0 Å². The summed E-state index contributed by atoms with van der Waals surface area (Å²) in [5.41, 5.74) is 7.74. The second-order valence-electron chi connectivity index (χ2n) is 5.48. The van der Waals surface area contributed by atoms with E-state index in [1.807, 2.05) is 12.1 Å². The molecule has 3 nitrogen and oxygen atoms in total. The number of likely N-dealkylation sites (N-methyl/N-ethyl adjacent to an activating group) is 2. The van der Waals surface area contributed by atoms with Crippen LogP contribution in [0.4, 0.5) is 5.69 Å². The molecule has 1 aliphatic rings. The van der Waals surface area contributed by atoms with Crippen LogP contribution in [0.1, 0.15) is 25.3 Å². The van der Waals surface area contributed by atoms with Crippen molar-refractivity contribution < 1.29 is 0 Å². The largest absolute Gasteiger partial charge is 0.398 e. The second kappa shape index (κ2) is 6.60. The maximum Gasteiger partial charge on any atom is 0.0635 e. The molecule has 1 heterocycles. The van der Waals surface area contributed by atoms with Crippen molar-refractivity contribution in [1.82, 2.24) is 9.80 Å². The van der Waals surface area contributed by atoms with E-state index in [0.29, 0.717) is 16.8 Å². The van der Waals surface area contributed by atoms with Crippen molar-refractivity contribution in [3.63, 3.8) is 0 Å². The summed E-state index contributed by atoms with van der Waals surface area (Å²) < 4.78 is 0. The minimum absolute atomic E-state index is 0.638. The molecule has 0 saturated carbocycles. The lowest BCUT2D eigenvalue weighted by Crippen LogP contribution is -2.38. The van der Waals surface area contributed by atoms with Crippen molar-refractivity contribution in [3.05, 3.63) is 28.8 Å². The van der Waals surface area contributed by atoms with E-state index < -0.39 is 0 Å². The minimum atomic E-state index is 0.638. The van der Waals surface area contributed by atoms with Crippen molar-refractivity contribution in [1.29, 1.82) is 0 Å². The van der Waals surface area contributed by atoms with Crippen molar-refractivity contribution >= 4 is 17.3 Å². The van der Waals surface area contributed by atoms with E-state index in [1.54, 1.807) is 0 Å². The Bertz CT molecular complexity index is 422. The van der Waals surface area contributed by atoms with Crippen molar-refractivity contribution in [2.45, 2.75) is 32.4 Å². The van der Waals surface area contributed by atoms with Gasteiger partial charge in [-0.3, -0.25) is 4.90 Å². The van der Waals surface area contributed by atoms with Crippen LogP contribution < -0.4 is 5.73 Å². The average Bonchev–Trinajstić information content (AvgIpc) is 2.81. The van der Waals surface area contributed by atoms with Crippen molar-refractivity contribution in [2.75, 3.05) is 32.4 Å². The highest BCUT2D eigenvalue weighted by Gasteiger charge is 2.23. The summed E-state index contributed by atoms with van der Waals surface area (Å²) in [4.78, 5) is 4.95. The molecule has 2 rings (SSSR count). The van der Waals surface area contributed by atoms with Gasteiger partial charge in [-0.1, -0.05) is 24.6 Å². The smallest absolute Gasteiger partial charge is 0.0635 e. The molecule has 2 N–H and O–H groups in total. The molecule has 0 amide bonds. The van der Waals surface area contributed by atoms with Gasteiger partial charge in [0.2, 0.25) is 0 Å². The van der Waals surface area contributed by atoms with E-state index in [9.17, 15) is 0 Å². The normalized spacial score (nSPS) is 20.3. The third-order valence-corrected chi connectivity index (χ3v) is 4.28. The van der Waals surface area contributed by atoms with E-state index in [2.05, 4.69) is 29.8 Å². The molecule has 19 heavy (non-hydrogen) atoms. The van der Waals surface area contributed by atoms with Gasteiger partial charge in [0, 0.05) is 19.1 Å². The zero-order valence-electron chi connectivity index (χ0n) is 11.9. The molecule has 1 aromatic carbocycles. The number of nitrogen functional groups attached to an aromatic ring is 1. The monoisotopic (exact) mass is 281 g/mol. The average molecular weight is 282 g/mol. The number of halogens is 1. The number of anilines is 1. The van der Waals surface area contributed by atoms with Crippen LogP contribution in [-0.2, 0) is 6.54 Å². The number of hydrogen-bond acceptors (Lipinski definition) is 3. The van der Waals surface area contributed by atoms with Crippen LogP contribution >= 0.6 is 11.6 Å². The van der Waals surface area contributed by atoms with Crippen LogP contribution in [0.3, 0.4) is 0 Å². The summed E-state index contributed by atoms with van der Waals surface area (Å²) in [6, 6.07) is 6.63. The summed E-state index contributed by atoms with van der Waals surface area (Å²) in [6.07, 6.45) is 2.65. The predicted octanol–water partition coefficient (Wildman–Crippen LogP) is 2.84.